The van der Waals surface area contributed by atoms with Crippen molar-refractivity contribution in [2.75, 3.05) is 13.7 Å². The molecule has 0 saturated heterocycles. The quantitative estimate of drug-likeness (QED) is 0.899. The van der Waals surface area contributed by atoms with Crippen molar-refractivity contribution in [3.63, 3.8) is 0 Å². The molecule has 0 aliphatic heterocycles. The number of aromatic nitrogens is 1. The van der Waals surface area contributed by atoms with Crippen LogP contribution in [0.2, 0.25) is 0 Å². The summed E-state index contributed by atoms with van der Waals surface area (Å²) in [5, 5.41) is 10.8. The van der Waals surface area contributed by atoms with Crippen LogP contribution >= 0.6 is 0 Å². The zero-order chi connectivity index (χ0) is 14.6. The van der Waals surface area contributed by atoms with Gasteiger partial charge < -0.3 is 14.6 Å². The van der Waals surface area contributed by atoms with Crippen molar-refractivity contribution in [1.29, 1.82) is 0 Å². The van der Waals surface area contributed by atoms with Crippen LogP contribution in [0.5, 0.6) is 5.75 Å². The highest BCUT2D eigenvalue weighted by molar-refractivity contribution is 5.27. The lowest BCUT2D eigenvalue weighted by Gasteiger charge is -2.43. The first kappa shape index (κ1) is 15.3. The van der Waals surface area contributed by atoms with Crippen LogP contribution in [0.3, 0.4) is 0 Å². The number of ether oxygens (including phenoxy) is 2. The molecule has 0 radical (unpaired) electrons. The molecule has 1 N–H and O–H groups in total. The van der Waals surface area contributed by atoms with Gasteiger partial charge in [0.2, 0.25) is 0 Å². The molecule has 4 nitrogen and oxygen atoms in total. The fourth-order valence-electron chi connectivity index (χ4n) is 3.29. The van der Waals surface area contributed by atoms with Gasteiger partial charge in [0.15, 0.2) is 0 Å². The monoisotopic (exact) mass is 279 g/mol. The Morgan fingerprint density at radius 1 is 1.50 bits per heavy atom. The molecule has 0 aromatic carbocycles. The summed E-state index contributed by atoms with van der Waals surface area (Å²) in [7, 11) is 1.61. The Morgan fingerprint density at radius 2 is 2.30 bits per heavy atom. The molecule has 1 saturated carbocycles. The van der Waals surface area contributed by atoms with Gasteiger partial charge in [-0.3, -0.25) is 4.98 Å². The van der Waals surface area contributed by atoms with Gasteiger partial charge in [-0.2, -0.15) is 0 Å². The zero-order valence-corrected chi connectivity index (χ0v) is 12.6. The molecule has 1 aliphatic carbocycles. The van der Waals surface area contributed by atoms with Crippen LogP contribution in [0.4, 0.5) is 0 Å². The molecule has 1 aromatic rings. The molecule has 3 atom stereocenters. The highest BCUT2D eigenvalue weighted by Gasteiger charge is 2.43. The molecule has 1 aromatic heterocycles. The molecule has 1 heterocycles. The zero-order valence-electron chi connectivity index (χ0n) is 12.6. The third kappa shape index (κ3) is 3.13. The molecule has 20 heavy (non-hydrogen) atoms. The average molecular weight is 279 g/mol. The van der Waals surface area contributed by atoms with Crippen LogP contribution in [-0.4, -0.2) is 29.4 Å². The predicted molar refractivity (Wildman–Crippen MR) is 77.7 cm³/mol. The molecule has 4 heteroatoms. The smallest absolute Gasteiger partial charge is 0.137 e. The van der Waals surface area contributed by atoms with Gasteiger partial charge in [-0.1, -0.05) is 19.8 Å². The van der Waals surface area contributed by atoms with Gasteiger partial charge in [-0.05, 0) is 31.7 Å². The van der Waals surface area contributed by atoms with Crippen LogP contribution in [0.25, 0.3) is 0 Å². The number of hydrogen-bond acceptors (Lipinski definition) is 4. The van der Waals surface area contributed by atoms with Crippen molar-refractivity contribution in [2.45, 2.75) is 51.2 Å². The van der Waals surface area contributed by atoms with Crippen LogP contribution in [0.1, 0.15) is 51.2 Å². The fraction of sp³-hybridized carbons (Fsp3) is 0.688. The van der Waals surface area contributed by atoms with Gasteiger partial charge in [0.05, 0.1) is 18.9 Å². The molecule has 1 fully saturated rings. The summed E-state index contributed by atoms with van der Waals surface area (Å²) in [5.74, 6) is 1.24. The Bertz CT molecular complexity index is 433. The first-order valence-corrected chi connectivity index (χ1v) is 7.42. The number of methoxy groups -OCH3 is 1. The topological polar surface area (TPSA) is 51.6 Å². The largest absolute Gasteiger partial charge is 0.495 e. The normalized spacial score (nSPS) is 28.1. The molecule has 2 rings (SSSR count). The molecule has 0 spiro atoms. The van der Waals surface area contributed by atoms with E-state index in [9.17, 15) is 5.11 Å². The minimum Gasteiger partial charge on any atom is -0.495 e. The Morgan fingerprint density at radius 3 is 2.95 bits per heavy atom. The summed E-state index contributed by atoms with van der Waals surface area (Å²) in [6.07, 6.45) is 6.77. The second-order valence-corrected chi connectivity index (χ2v) is 5.76. The minimum absolute atomic E-state index is 0.486. The minimum atomic E-state index is -0.659. The SMILES string of the molecule is CCOC1(C(O)c2cncc(OC)c2)CCCC(C)C1. The van der Waals surface area contributed by atoms with E-state index in [0.29, 0.717) is 18.3 Å². The molecule has 3 unspecified atom stereocenters. The maximum atomic E-state index is 10.8. The van der Waals surface area contributed by atoms with E-state index in [1.807, 2.05) is 13.0 Å². The van der Waals surface area contributed by atoms with Crippen LogP contribution in [-0.2, 0) is 4.74 Å². The first-order chi connectivity index (χ1) is 9.61. The van der Waals surface area contributed by atoms with E-state index in [0.717, 1.165) is 24.8 Å². The lowest BCUT2D eigenvalue weighted by Crippen LogP contribution is -2.43. The first-order valence-electron chi connectivity index (χ1n) is 7.42. The van der Waals surface area contributed by atoms with Gasteiger partial charge >= 0.3 is 0 Å². The van der Waals surface area contributed by atoms with Gasteiger partial charge in [0.25, 0.3) is 0 Å². The Balaban J connectivity index is 2.27. The molecule has 112 valence electrons. The van der Waals surface area contributed by atoms with Gasteiger partial charge in [-0.25, -0.2) is 0 Å². The number of nitrogens with zero attached hydrogens (tertiary/aromatic N) is 1. The number of pyridine rings is 1. The fourth-order valence-corrected chi connectivity index (χ4v) is 3.29. The van der Waals surface area contributed by atoms with E-state index < -0.39 is 11.7 Å². The summed E-state index contributed by atoms with van der Waals surface area (Å²) in [6.45, 7) is 4.82. The second kappa shape index (κ2) is 6.55. The summed E-state index contributed by atoms with van der Waals surface area (Å²) < 4.78 is 11.2. The summed E-state index contributed by atoms with van der Waals surface area (Å²) in [5.41, 5.74) is 0.285. The molecule has 1 aliphatic rings. The third-order valence-electron chi connectivity index (χ3n) is 4.21. The van der Waals surface area contributed by atoms with Gasteiger partial charge in [0, 0.05) is 18.4 Å². The summed E-state index contributed by atoms with van der Waals surface area (Å²) in [4.78, 5) is 4.14. The lowest BCUT2D eigenvalue weighted by molar-refractivity contribution is -0.150. The predicted octanol–water partition coefficient (Wildman–Crippen LogP) is 3.11. The number of aliphatic hydroxyl groups excluding tert-OH is 1. The van der Waals surface area contributed by atoms with Crippen molar-refractivity contribution in [3.8, 4) is 5.75 Å². The van der Waals surface area contributed by atoms with E-state index in [1.54, 1.807) is 19.5 Å². The van der Waals surface area contributed by atoms with E-state index in [1.165, 1.54) is 6.42 Å². The Labute approximate surface area is 121 Å². The molecular weight excluding hydrogens is 254 g/mol. The van der Waals surface area contributed by atoms with Crippen molar-refractivity contribution in [2.24, 2.45) is 5.92 Å². The standard InChI is InChI=1S/C16H25NO3/c1-4-20-16(7-5-6-12(2)9-16)15(18)13-8-14(19-3)11-17-10-13/h8,10-12,15,18H,4-7,9H2,1-3H3. The highest BCUT2D eigenvalue weighted by Crippen LogP contribution is 2.43. The summed E-state index contributed by atoms with van der Waals surface area (Å²) in [6, 6.07) is 1.84. The van der Waals surface area contributed by atoms with Crippen molar-refractivity contribution < 1.29 is 14.6 Å². The van der Waals surface area contributed by atoms with Gasteiger partial charge in [-0.15, -0.1) is 0 Å². The number of aliphatic hydroxyl groups is 1. The van der Waals surface area contributed by atoms with E-state index in [2.05, 4.69) is 11.9 Å². The molecular formula is C16H25NO3. The number of hydrogen-bond donors (Lipinski definition) is 1. The third-order valence-corrected chi connectivity index (χ3v) is 4.21. The van der Waals surface area contributed by atoms with Crippen LogP contribution < -0.4 is 4.74 Å². The van der Waals surface area contributed by atoms with E-state index >= 15 is 0 Å². The molecule has 0 amide bonds. The average Bonchev–Trinajstić information content (AvgIpc) is 2.47. The second-order valence-electron chi connectivity index (χ2n) is 5.76. The van der Waals surface area contributed by atoms with Crippen molar-refractivity contribution in [3.05, 3.63) is 24.0 Å². The summed E-state index contributed by atoms with van der Waals surface area (Å²) >= 11 is 0. The van der Waals surface area contributed by atoms with Crippen molar-refractivity contribution >= 4 is 0 Å². The van der Waals surface area contributed by atoms with Crippen molar-refractivity contribution in [1.82, 2.24) is 4.98 Å². The Kier molecular flexibility index (Phi) is 5.00. The van der Waals surface area contributed by atoms with E-state index in [-0.39, 0.29) is 0 Å². The molecule has 0 bridgehead atoms. The van der Waals surface area contributed by atoms with E-state index in [4.69, 9.17) is 9.47 Å². The lowest BCUT2D eigenvalue weighted by atomic mass is 9.74. The highest BCUT2D eigenvalue weighted by atomic mass is 16.5. The maximum absolute atomic E-state index is 10.8. The Hall–Kier alpha value is -1.13. The van der Waals surface area contributed by atoms with Crippen LogP contribution in [0, 0.1) is 5.92 Å². The maximum Gasteiger partial charge on any atom is 0.137 e. The van der Waals surface area contributed by atoms with Crippen LogP contribution in [0.15, 0.2) is 18.5 Å². The van der Waals surface area contributed by atoms with Gasteiger partial charge in [0.1, 0.15) is 11.9 Å². The number of rotatable bonds is 5.